The molecule has 1 aromatic heterocycles. The lowest BCUT2D eigenvalue weighted by Crippen LogP contribution is -2.17. The van der Waals surface area contributed by atoms with Crippen molar-refractivity contribution < 1.29 is 14.5 Å². The summed E-state index contributed by atoms with van der Waals surface area (Å²) in [5, 5.41) is 13.9. The van der Waals surface area contributed by atoms with E-state index < -0.39 is 10.9 Å². The zero-order valence-electron chi connectivity index (χ0n) is 8.41. The van der Waals surface area contributed by atoms with E-state index in [2.05, 4.69) is 5.10 Å². The lowest BCUT2D eigenvalue weighted by molar-refractivity contribution is -0.389. The number of carbonyl (C=O) groups excluding carboxylic acids is 1. The lowest BCUT2D eigenvalue weighted by atomic mass is 10.5. The summed E-state index contributed by atoms with van der Waals surface area (Å²) in [6, 6.07) is 1.22. The molecule has 0 saturated heterocycles. The lowest BCUT2D eigenvalue weighted by Gasteiger charge is -2.05. The van der Waals surface area contributed by atoms with Crippen LogP contribution >= 0.6 is 0 Å². The molecule has 0 N–H and O–H groups in total. The Hall–Kier alpha value is -1.92. The number of esters is 1. The number of aromatic nitrogens is 2. The van der Waals surface area contributed by atoms with E-state index >= 15 is 0 Å². The van der Waals surface area contributed by atoms with E-state index in [1.165, 1.54) is 16.9 Å². The van der Waals surface area contributed by atoms with Crippen molar-refractivity contribution >= 4 is 11.8 Å². The molecule has 7 heteroatoms. The molecule has 0 bridgehead atoms. The van der Waals surface area contributed by atoms with Gasteiger partial charge in [0, 0.05) is 0 Å². The van der Waals surface area contributed by atoms with E-state index in [0.717, 1.165) is 0 Å². The average molecular weight is 213 g/mol. The molecule has 0 atom stereocenters. The summed E-state index contributed by atoms with van der Waals surface area (Å²) >= 11 is 0. The van der Waals surface area contributed by atoms with Gasteiger partial charge in [-0.3, -0.25) is 0 Å². The summed E-state index contributed by atoms with van der Waals surface area (Å²) in [5.74, 6) is -0.754. The topological polar surface area (TPSA) is 87.3 Å². The molecule has 0 aliphatic rings. The molecule has 7 nitrogen and oxygen atoms in total. The zero-order valence-corrected chi connectivity index (χ0v) is 8.41. The van der Waals surface area contributed by atoms with Gasteiger partial charge in [0.05, 0.1) is 23.5 Å². The first kappa shape index (κ1) is 11.2. The fourth-order valence-corrected chi connectivity index (χ4v) is 0.969. The summed E-state index contributed by atoms with van der Waals surface area (Å²) < 4.78 is 6.02. The first-order valence-corrected chi connectivity index (χ1v) is 4.36. The van der Waals surface area contributed by atoms with Gasteiger partial charge < -0.3 is 14.9 Å². The van der Waals surface area contributed by atoms with Crippen LogP contribution in [0.4, 0.5) is 5.82 Å². The summed E-state index contributed by atoms with van der Waals surface area (Å²) in [4.78, 5) is 20.8. The van der Waals surface area contributed by atoms with Gasteiger partial charge >= 0.3 is 11.8 Å². The monoisotopic (exact) mass is 213 g/mol. The molecule has 0 radical (unpaired) electrons. The maximum absolute atomic E-state index is 11.1. The molecule has 0 aliphatic heterocycles. The molecule has 0 saturated carbocycles. The second-order valence-electron chi connectivity index (χ2n) is 3.17. The molecule has 0 amide bonds. The van der Waals surface area contributed by atoms with Crippen LogP contribution in [0.3, 0.4) is 0 Å². The van der Waals surface area contributed by atoms with Crippen LogP contribution in [0.2, 0.25) is 0 Å². The van der Waals surface area contributed by atoms with Crippen molar-refractivity contribution in [3.63, 3.8) is 0 Å². The minimum absolute atomic E-state index is 0.119. The van der Waals surface area contributed by atoms with E-state index in [-0.39, 0.29) is 18.5 Å². The van der Waals surface area contributed by atoms with Gasteiger partial charge in [-0.2, -0.15) is 4.68 Å². The fourth-order valence-electron chi connectivity index (χ4n) is 0.969. The second-order valence-corrected chi connectivity index (χ2v) is 3.17. The Morgan fingerprint density at radius 2 is 2.40 bits per heavy atom. The molecule has 1 aromatic rings. The maximum Gasteiger partial charge on any atom is 0.389 e. The molecule has 15 heavy (non-hydrogen) atoms. The second kappa shape index (κ2) is 4.54. The van der Waals surface area contributed by atoms with Crippen molar-refractivity contribution in [1.29, 1.82) is 0 Å². The Kier molecular flexibility index (Phi) is 3.37. The highest BCUT2D eigenvalue weighted by molar-refractivity contribution is 5.69. The molecule has 1 rings (SSSR count). The van der Waals surface area contributed by atoms with Crippen LogP contribution in [0.5, 0.6) is 0 Å². The van der Waals surface area contributed by atoms with E-state index in [9.17, 15) is 14.9 Å². The first-order chi connectivity index (χ1) is 6.99. The zero-order chi connectivity index (χ0) is 11.4. The van der Waals surface area contributed by atoms with Crippen LogP contribution in [0, 0.1) is 10.1 Å². The Labute approximate surface area is 85.8 Å². The Morgan fingerprint density at radius 1 is 1.73 bits per heavy atom. The van der Waals surface area contributed by atoms with Gasteiger partial charge in [0.25, 0.3) is 0 Å². The molecule has 0 aliphatic carbocycles. The quantitative estimate of drug-likeness (QED) is 0.418. The largest absolute Gasteiger partial charge is 0.462 e. The van der Waals surface area contributed by atoms with Crippen LogP contribution in [0.15, 0.2) is 12.3 Å². The van der Waals surface area contributed by atoms with Crippen molar-refractivity contribution in [2.24, 2.45) is 0 Å². The molecule has 0 unspecified atom stereocenters. The van der Waals surface area contributed by atoms with Gasteiger partial charge in [0.2, 0.25) is 0 Å². The van der Waals surface area contributed by atoms with Crippen molar-refractivity contribution in [3.8, 4) is 0 Å². The summed E-state index contributed by atoms with van der Waals surface area (Å²) in [6.07, 6.45) is 1.16. The number of nitrogens with zero attached hydrogens (tertiary/aromatic N) is 3. The summed E-state index contributed by atoms with van der Waals surface area (Å²) in [5.41, 5.74) is 0. The van der Waals surface area contributed by atoms with E-state index in [0.29, 0.717) is 0 Å². The van der Waals surface area contributed by atoms with Crippen molar-refractivity contribution in [2.45, 2.75) is 26.5 Å². The Bertz CT molecular complexity index is 372. The number of hydrogen-bond acceptors (Lipinski definition) is 5. The molecule has 0 fully saturated rings. The van der Waals surface area contributed by atoms with E-state index in [1.807, 2.05) is 0 Å². The van der Waals surface area contributed by atoms with Crippen LogP contribution in [0.1, 0.15) is 13.8 Å². The van der Waals surface area contributed by atoms with Crippen molar-refractivity contribution in [3.05, 3.63) is 22.4 Å². The third-order valence-corrected chi connectivity index (χ3v) is 1.47. The van der Waals surface area contributed by atoms with Crippen molar-refractivity contribution in [2.75, 3.05) is 0 Å². The smallest absolute Gasteiger partial charge is 0.389 e. The third kappa shape index (κ3) is 3.37. The van der Waals surface area contributed by atoms with Gasteiger partial charge in [-0.1, -0.05) is 0 Å². The SMILES string of the molecule is CC(C)OC(=O)Cn1ccc([N+](=O)[O-])n1. The summed E-state index contributed by atoms with van der Waals surface area (Å²) in [6.45, 7) is 3.33. The van der Waals surface area contributed by atoms with Gasteiger partial charge in [0.15, 0.2) is 6.54 Å². The standard InChI is InChI=1S/C8H11N3O4/c1-6(2)15-8(12)5-10-4-3-7(9-10)11(13)14/h3-4,6H,5H2,1-2H3. The molecular weight excluding hydrogens is 202 g/mol. The first-order valence-electron chi connectivity index (χ1n) is 4.36. The van der Waals surface area contributed by atoms with Crippen LogP contribution in [-0.2, 0) is 16.1 Å². The van der Waals surface area contributed by atoms with Gasteiger partial charge in [-0.25, -0.2) is 4.79 Å². The Morgan fingerprint density at radius 3 is 2.87 bits per heavy atom. The predicted octanol–water partition coefficient (Wildman–Crippen LogP) is 0.743. The fraction of sp³-hybridized carbons (Fsp3) is 0.500. The molecular formula is C8H11N3O4. The normalized spacial score (nSPS) is 10.3. The minimum atomic E-state index is -0.621. The van der Waals surface area contributed by atoms with Gasteiger partial charge in [-0.15, -0.1) is 0 Å². The average Bonchev–Trinajstić information content (AvgIpc) is 2.50. The van der Waals surface area contributed by atoms with E-state index in [1.54, 1.807) is 13.8 Å². The summed E-state index contributed by atoms with van der Waals surface area (Å²) in [7, 11) is 0. The van der Waals surface area contributed by atoms with Gasteiger partial charge in [-0.05, 0) is 18.8 Å². The highest BCUT2D eigenvalue weighted by Crippen LogP contribution is 2.05. The molecule has 0 aromatic carbocycles. The molecule has 1 heterocycles. The number of nitro groups is 1. The predicted molar refractivity (Wildman–Crippen MR) is 50.1 cm³/mol. The van der Waals surface area contributed by atoms with Crippen LogP contribution in [0.25, 0.3) is 0 Å². The number of ether oxygens (including phenoxy) is 1. The van der Waals surface area contributed by atoms with Gasteiger partial charge in [0.1, 0.15) is 0 Å². The molecule has 82 valence electrons. The molecule has 0 spiro atoms. The van der Waals surface area contributed by atoms with E-state index in [4.69, 9.17) is 4.74 Å². The highest BCUT2D eigenvalue weighted by atomic mass is 16.6. The Balaban J connectivity index is 2.57. The van der Waals surface area contributed by atoms with Crippen LogP contribution < -0.4 is 0 Å². The maximum atomic E-state index is 11.1. The van der Waals surface area contributed by atoms with Crippen molar-refractivity contribution in [1.82, 2.24) is 9.78 Å². The third-order valence-electron chi connectivity index (χ3n) is 1.47. The number of carbonyl (C=O) groups is 1. The highest BCUT2D eigenvalue weighted by Gasteiger charge is 2.14. The number of rotatable bonds is 4. The minimum Gasteiger partial charge on any atom is -0.462 e. The van der Waals surface area contributed by atoms with Crippen LogP contribution in [-0.4, -0.2) is 26.8 Å². The number of hydrogen-bond donors (Lipinski definition) is 0.